The van der Waals surface area contributed by atoms with Gasteiger partial charge in [-0.25, -0.2) is 14.4 Å². The maximum Gasteiger partial charge on any atom is 0.249 e. The van der Waals surface area contributed by atoms with Crippen LogP contribution >= 0.6 is 0 Å². The number of piperidine rings is 1. The zero-order chi connectivity index (χ0) is 15.5. The minimum absolute atomic E-state index is 0.0339. The lowest BCUT2D eigenvalue weighted by atomic mass is 10.0. The summed E-state index contributed by atoms with van der Waals surface area (Å²) in [5.41, 5.74) is 1.51. The Morgan fingerprint density at radius 2 is 2.09 bits per heavy atom. The average Bonchev–Trinajstić information content (AvgIpc) is 2.51. The SMILES string of the molecule is Cc1cc(F)ccc1N1CCC[C@@H](Nc2ncccn2)C1=O. The number of benzene rings is 1. The van der Waals surface area contributed by atoms with Crippen LogP contribution in [0, 0.1) is 12.7 Å². The van der Waals surface area contributed by atoms with Gasteiger partial charge in [0.05, 0.1) is 0 Å². The van der Waals surface area contributed by atoms with Crippen LogP contribution in [-0.2, 0) is 4.79 Å². The quantitative estimate of drug-likeness (QED) is 0.946. The minimum Gasteiger partial charge on any atom is -0.342 e. The van der Waals surface area contributed by atoms with Crippen LogP contribution in [-0.4, -0.2) is 28.5 Å². The molecule has 2 aromatic rings. The largest absolute Gasteiger partial charge is 0.342 e. The normalized spacial score (nSPS) is 18.4. The molecule has 1 aliphatic heterocycles. The number of carbonyl (C=O) groups is 1. The summed E-state index contributed by atoms with van der Waals surface area (Å²) < 4.78 is 13.2. The molecule has 1 saturated heterocycles. The second-order valence-corrected chi connectivity index (χ2v) is 5.33. The van der Waals surface area contributed by atoms with Gasteiger partial charge in [-0.15, -0.1) is 0 Å². The third-order valence-corrected chi connectivity index (χ3v) is 3.76. The summed E-state index contributed by atoms with van der Waals surface area (Å²) in [6, 6.07) is 5.85. The molecule has 2 heterocycles. The zero-order valence-corrected chi connectivity index (χ0v) is 12.3. The van der Waals surface area contributed by atoms with Gasteiger partial charge in [0.2, 0.25) is 11.9 Å². The fourth-order valence-electron chi connectivity index (χ4n) is 2.70. The highest BCUT2D eigenvalue weighted by atomic mass is 19.1. The number of carbonyl (C=O) groups excluding carboxylic acids is 1. The van der Waals surface area contributed by atoms with E-state index in [4.69, 9.17) is 0 Å². The number of nitrogens with one attached hydrogen (secondary N) is 1. The number of aryl methyl sites for hydroxylation is 1. The first-order valence-corrected chi connectivity index (χ1v) is 7.26. The molecule has 114 valence electrons. The van der Waals surface area contributed by atoms with E-state index in [1.165, 1.54) is 12.1 Å². The van der Waals surface area contributed by atoms with E-state index < -0.39 is 0 Å². The Morgan fingerprint density at radius 1 is 1.32 bits per heavy atom. The predicted molar refractivity (Wildman–Crippen MR) is 82.2 cm³/mol. The summed E-state index contributed by atoms with van der Waals surface area (Å²) in [4.78, 5) is 22.6. The summed E-state index contributed by atoms with van der Waals surface area (Å²) in [5.74, 6) is 0.116. The van der Waals surface area contributed by atoms with Gasteiger partial charge < -0.3 is 10.2 Å². The molecule has 0 saturated carbocycles. The van der Waals surface area contributed by atoms with Gasteiger partial charge in [-0.3, -0.25) is 4.79 Å². The van der Waals surface area contributed by atoms with Crippen molar-refractivity contribution in [1.82, 2.24) is 9.97 Å². The summed E-state index contributed by atoms with van der Waals surface area (Å²) in [5, 5.41) is 3.07. The minimum atomic E-state index is -0.361. The molecule has 1 fully saturated rings. The van der Waals surface area contributed by atoms with Crippen molar-refractivity contribution >= 4 is 17.5 Å². The first kappa shape index (κ1) is 14.4. The van der Waals surface area contributed by atoms with Crippen LogP contribution in [0.3, 0.4) is 0 Å². The molecule has 0 bridgehead atoms. The predicted octanol–water partition coefficient (Wildman–Crippen LogP) is 2.53. The van der Waals surface area contributed by atoms with Crippen LogP contribution in [0.5, 0.6) is 0 Å². The van der Waals surface area contributed by atoms with Gasteiger partial charge in [0.25, 0.3) is 0 Å². The Balaban J connectivity index is 1.80. The molecule has 1 aliphatic rings. The summed E-state index contributed by atoms with van der Waals surface area (Å²) in [7, 11) is 0. The van der Waals surface area contributed by atoms with Gasteiger partial charge in [-0.05, 0) is 49.6 Å². The number of aromatic nitrogens is 2. The molecular formula is C16H17FN4O. The fraction of sp³-hybridized carbons (Fsp3) is 0.312. The van der Waals surface area contributed by atoms with Crippen LogP contribution in [0.4, 0.5) is 16.0 Å². The number of halogens is 1. The number of anilines is 2. The van der Waals surface area contributed by atoms with Crippen molar-refractivity contribution in [1.29, 1.82) is 0 Å². The lowest BCUT2D eigenvalue weighted by molar-refractivity contribution is -0.120. The van der Waals surface area contributed by atoms with E-state index in [-0.39, 0.29) is 17.8 Å². The monoisotopic (exact) mass is 300 g/mol. The van der Waals surface area contributed by atoms with Crippen LogP contribution in [0.25, 0.3) is 0 Å². The molecule has 0 aliphatic carbocycles. The van der Waals surface area contributed by atoms with Crippen molar-refractivity contribution in [3.63, 3.8) is 0 Å². The first-order chi connectivity index (χ1) is 10.6. The van der Waals surface area contributed by atoms with Crippen molar-refractivity contribution in [2.75, 3.05) is 16.8 Å². The smallest absolute Gasteiger partial charge is 0.249 e. The molecule has 1 aromatic carbocycles. The fourth-order valence-corrected chi connectivity index (χ4v) is 2.70. The highest BCUT2D eigenvalue weighted by Gasteiger charge is 2.30. The van der Waals surface area contributed by atoms with E-state index in [1.54, 1.807) is 29.4 Å². The van der Waals surface area contributed by atoms with Crippen molar-refractivity contribution in [2.24, 2.45) is 0 Å². The van der Waals surface area contributed by atoms with E-state index >= 15 is 0 Å². The van der Waals surface area contributed by atoms with Crippen LogP contribution in [0.2, 0.25) is 0 Å². The maximum atomic E-state index is 13.2. The maximum absolute atomic E-state index is 13.2. The average molecular weight is 300 g/mol. The van der Waals surface area contributed by atoms with Crippen LogP contribution in [0.15, 0.2) is 36.7 Å². The Hall–Kier alpha value is -2.50. The van der Waals surface area contributed by atoms with E-state index in [9.17, 15) is 9.18 Å². The van der Waals surface area contributed by atoms with Gasteiger partial charge in [0.1, 0.15) is 11.9 Å². The van der Waals surface area contributed by atoms with Crippen LogP contribution < -0.4 is 10.2 Å². The molecule has 3 rings (SSSR count). The van der Waals surface area contributed by atoms with E-state index in [2.05, 4.69) is 15.3 Å². The lowest BCUT2D eigenvalue weighted by Gasteiger charge is -2.33. The van der Waals surface area contributed by atoms with E-state index in [1.807, 2.05) is 6.92 Å². The molecule has 5 nitrogen and oxygen atoms in total. The molecule has 1 amide bonds. The highest BCUT2D eigenvalue weighted by molar-refractivity contribution is 5.99. The van der Waals surface area contributed by atoms with Gasteiger partial charge in [-0.2, -0.15) is 0 Å². The van der Waals surface area contributed by atoms with Crippen molar-refractivity contribution in [3.8, 4) is 0 Å². The molecule has 0 spiro atoms. The lowest BCUT2D eigenvalue weighted by Crippen LogP contribution is -2.48. The summed E-state index contributed by atoms with van der Waals surface area (Å²) in [6.45, 7) is 2.45. The Labute approximate surface area is 128 Å². The molecule has 1 aromatic heterocycles. The molecule has 22 heavy (non-hydrogen) atoms. The summed E-state index contributed by atoms with van der Waals surface area (Å²) in [6.07, 6.45) is 4.86. The van der Waals surface area contributed by atoms with Gasteiger partial charge in [0, 0.05) is 24.6 Å². The Kier molecular flexibility index (Phi) is 4.00. The van der Waals surface area contributed by atoms with Gasteiger partial charge in [0.15, 0.2) is 0 Å². The van der Waals surface area contributed by atoms with Gasteiger partial charge >= 0.3 is 0 Å². The standard InChI is InChI=1S/C16H17FN4O/c1-11-10-12(17)5-6-14(11)21-9-2-4-13(15(21)22)20-16-18-7-3-8-19-16/h3,5-8,10,13H,2,4,9H2,1H3,(H,18,19,20)/t13-/m1/s1. The van der Waals surface area contributed by atoms with E-state index in [0.29, 0.717) is 12.5 Å². The molecule has 1 atom stereocenters. The second kappa shape index (κ2) is 6.09. The Morgan fingerprint density at radius 3 is 2.82 bits per heavy atom. The topological polar surface area (TPSA) is 58.1 Å². The number of hydrogen-bond acceptors (Lipinski definition) is 4. The molecule has 6 heteroatoms. The molecule has 0 radical (unpaired) electrons. The number of rotatable bonds is 3. The van der Waals surface area contributed by atoms with Gasteiger partial charge in [-0.1, -0.05) is 0 Å². The second-order valence-electron chi connectivity index (χ2n) is 5.33. The molecule has 1 N–H and O–H groups in total. The molecule has 0 unspecified atom stereocenters. The Bertz CT molecular complexity index is 677. The first-order valence-electron chi connectivity index (χ1n) is 7.26. The molecular weight excluding hydrogens is 283 g/mol. The summed E-state index contributed by atoms with van der Waals surface area (Å²) >= 11 is 0. The number of nitrogens with zero attached hydrogens (tertiary/aromatic N) is 3. The van der Waals surface area contributed by atoms with E-state index in [0.717, 1.165) is 24.1 Å². The highest BCUT2D eigenvalue weighted by Crippen LogP contribution is 2.26. The number of amides is 1. The van der Waals surface area contributed by atoms with Crippen molar-refractivity contribution < 1.29 is 9.18 Å². The third-order valence-electron chi connectivity index (χ3n) is 3.76. The number of hydrogen-bond donors (Lipinski definition) is 1. The van der Waals surface area contributed by atoms with Crippen molar-refractivity contribution in [2.45, 2.75) is 25.8 Å². The zero-order valence-electron chi connectivity index (χ0n) is 12.3. The van der Waals surface area contributed by atoms with Crippen molar-refractivity contribution in [3.05, 3.63) is 48.0 Å². The third kappa shape index (κ3) is 2.90. The van der Waals surface area contributed by atoms with Crippen LogP contribution in [0.1, 0.15) is 18.4 Å².